The number of methoxy groups -OCH3 is 1. The summed E-state index contributed by atoms with van der Waals surface area (Å²) in [7, 11) is 1.31. The third kappa shape index (κ3) is 2.77. The van der Waals surface area contributed by atoms with E-state index in [1.165, 1.54) is 36.6 Å². The first kappa shape index (κ1) is 12.8. The average molecular weight is 282 g/mol. The minimum atomic E-state index is -0.481. The van der Waals surface area contributed by atoms with Crippen LogP contribution in [0.5, 0.6) is 0 Å². The van der Waals surface area contributed by atoms with Gasteiger partial charge in [-0.3, -0.25) is 0 Å². The lowest BCUT2D eigenvalue weighted by Crippen LogP contribution is -2.06. The molecule has 0 saturated carbocycles. The fourth-order valence-corrected chi connectivity index (χ4v) is 2.78. The van der Waals surface area contributed by atoms with E-state index in [-0.39, 0.29) is 0 Å². The Hall–Kier alpha value is -1.67. The molecule has 2 N–H and O–H groups in total. The van der Waals surface area contributed by atoms with Crippen LogP contribution in [0.3, 0.4) is 0 Å². The van der Waals surface area contributed by atoms with Crippen molar-refractivity contribution in [1.82, 2.24) is 14.3 Å². The van der Waals surface area contributed by atoms with Gasteiger partial charge in [-0.1, -0.05) is 0 Å². The summed E-state index contributed by atoms with van der Waals surface area (Å²) in [4.78, 5) is 19.8. The van der Waals surface area contributed by atoms with E-state index in [2.05, 4.69) is 19.1 Å². The third-order valence-electron chi connectivity index (χ3n) is 2.02. The molecular weight excluding hydrogens is 272 g/mol. The van der Waals surface area contributed by atoms with Crippen LogP contribution in [0.1, 0.15) is 16.2 Å². The minimum Gasteiger partial charge on any atom is -0.465 e. The summed E-state index contributed by atoms with van der Waals surface area (Å²) < 4.78 is 9.48. The van der Waals surface area contributed by atoms with Crippen LogP contribution in [-0.4, -0.2) is 27.4 Å². The van der Waals surface area contributed by atoms with Crippen LogP contribution in [0.25, 0.3) is 0 Å². The van der Waals surface area contributed by atoms with E-state index in [9.17, 15) is 4.79 Å². The molecule has 0 aliphatic carbocycles. The molecule has 8 heteroatoms. The van der Waals surface area contributed by atoms with Crippen molar-refractivity contribution in [2.45, 2.75) is 16.3 Å². The van der Waals surface area contributed by atoms with Crippen LogP contribution < -0.4 is 5.73 Å². The lowest BCUT2D eigenvalue weighted by molar-refractivity contribution is 0.0601. The number of esters is 1. The second kappa shape index (κ2) is 5.32. The van der Waals surface area contributed by atoms with Gasteiger partial charge in [0, 0.05) is 0 Å². The number of carbonyl (C=O) groups is 1. The van der Waals surface area contributed by atoms with Crippen molar-refractivity contribution in [2.24, 2.45) is 0 Å². The maximum absolute atomic E-state index is 11.5. The Bertz CT molecular complexity index is 585. The molecule has 2 rings (SSSR count). The number of aromatic nitrogens is 3. The predicted molar refractivity (Wildman–Crippen MR) is 68.8 cm³/mol. The van der Waals surface area contributed by atoms with Crippen molar-refractivity contribution in [2.75, 3.05) is 12.8 Å². The van der Waals surface area contributed by atoms with E-state index in [1.54, 1.807) is 6.07 Å². The quantitative estimate of drug-likeness (QED) is 0.857. The van der Waals surface area contributed by atoms with Crippen molar-refractivity contribution in [1.29, 1.82) is 0 Å². The molecule has 0 bridgehead atoms. The van der Waals surface area contributed by atoms with E-state index in [1.807, 2.05) is 6.92 Å². The highest BCUT2D eigenvalue weighted by Gasteiger charge is 2.13. The van der Waals surface area contributed by atoms with E-state index in [4.69, 9.17) is 5.73 Å². The molecule has 0 radical (unpaired) electrons. The smallest absolute Gasteiger partial charge is 0.340 e. The molecule has 0 aromatic carbocycles. The van der Waals surface area contributed by atoms with Crippen molar-refractivity contribution in [3.8, 4) is 0 Å². The molecule has 6 nitrogen and oxygen atoms in total. The van der Waals surface area contributed by atoms with Crippen LogP contribution in [0, 0.1) is 6.92 Å². The molecule has 2 heterocycles. The zero-order valence-electron chi connectivity index (χ0n) is 9.71. The number of rotatable bonds is 3. The van der Waals surface area contributed by atoms with Gasteiger partial charge in [0.15, 0.2) is 4.34 Å². The Balaban J connectivity index is 2.27. The maximum Gasteiger partial charge on any atom is 0.340 e. The second-order valence-electron chi connectivity index (χ2n) is 3.31. The fourth-order valence-electron chi connectivity index (χ4n) is 1.20. The summed E-state index contributed by atoms with van der Waals surface area (Å²) in [6.07, 6.45) is 1.43. The first-order valence-corrected chi connectivity index (χ1v) is 6.51. The highest BCUT2D eigenvalue weighted by Crippen LogP contribution is 2.29. The molecule has 18 heavy (non-hydrogen) atoms. The van der Waals surface area contributed by atoms with Crippen LogP contribution in [0.2, 0.25) is 0 Å². The van der Waals surface area contributed by atoms with Gasteiger partial charge in [-0.25, -0.2) is 14.8 Å². The van der Waals surface area contributed by atoms with Crippen LogP contribution in [0.4, 0.5) is 5.69 Å². The third-order valence-corrected chi connectivity index (χ3v) is 3.79. The van der Waals surface area contributed by atoms with Crippen molar-refractivity contribution in [3.63, 3.8) is 0 Å². The standard InChI is InChI=1S/C10H10N4O2S2/c1-5-13-10(18-14-5)17-8-3-6(9(15)16-2)7(11)4-12-8/h3-4H,11H2,1-2H3. The lowest BCUT2D eigenvalue weighted by Gasteiger charge is -2.04. The number of nitrogens with zero attached hydrogens (tertiary/aromatic N) is 3. The molecule has 0 aliphatic rings. The number of carbonyl (C=O) groups excluding carboxylic acids is 1. The topological polar surface area (TPSA) is 91.0 Å². The van der Waals surface area contributed by atoms with Crippen LogP contribution >= 0.6 is 23.3 Å². The van der Waals surface area contributed by atoms with E-state index < -0.39 is 5.97 Å². The second-order valence-corrected chi connectivity index (χ2v) is 5.33. The molecule has 0 amide bonds. The molecular formula is C10H10N4O2S2. The lowest BCUT2D eigenvalue weighted by atomic mass is 10.2. The molecule has 2 aromatic heterocycles. The Morgan fingerprint density at radius 2 is 2.33 bits per heavy atom. The molecule has 2 aromatic rings. The van der Waals surface area contributed by atoms with Gasteiger partial charge in [0.1, 0.15) is 10.9 Å². The van der Waals surface area contributed by atoms with E-state index in [0.717, 1.165) is 4.34 Å². The molecule has 0 fully saturated rings. The Labute approximate surface area is 112 Å². The zero-order valence-corrected chi connectivity index (χ0v) is 11.3. The summed E-state index contributed by atoms with van der Waals surface area (Å²) >= 11 is 2.61. The van der Waals surface area contributed by atoms with E-state index in [0.29, 0.717) is 22.1 Å². The first-order valence-electron chi connectivity index (χ1n) is 4.92. The van der Waals surface area contributed by atoms with Gasteiger partial charge < -0.3 is 10.5 Å². The van der Waals surface area contributed by atoms with Gasteiger partial charge in [0.2, 0.25) is 0 Å². The average Bonchev–Trinajstić information content (AvgIpc) is 2.76. The largest absolute Gasteiger partial charge is 0.465 e. The predicted octanol–water partition coefficient (Wildman–Crippen LogP) is 1.76. The van der Waals surface area contributed by atoms with Crippen LogP contribution in [0.15, 0.2) is 21.6 Å². The van der Waals surface area contributed by atoms with Crippen molar-refractivity contribution in [3.05, 3.63) is 23.7 Å². The molecule has 0 atom stereocenters. The first-order chi connectivity index (χ1) is 8.60. The monoisotopic (exact) mass is 282 g/mol. The highest BCUT2D eigenvalue weighted by molar-refractivity contribution is 8.00. The minimum absolute atomic E-state index is 0.291. The molecule has 94 valence electrons. The fraction of sp³-hybridized carbons (Fsp3) is 0.200. The molecule has 0 aliphatic heterocycles. The number of hydrogen-bond acceptors (Lipinski definition) is 8. The van der Waals surface area contributed by atoms with Crippen LogP contribution in [-0.2, 0) is 4.74 Å². The van der Waals surface area contributed by atoms with Gasteiger partial charge in [-0.15, -0.1) is 0 Å². The molecule has 0 saturated heterocycles. The Morgan fingerprint density at radius 1 is 1.56 bits per heavy atom. The van der Waals surface area contributed by atoms with Gasteiger partial charge >= 0.3 is 5.97 Å². The number of pyridine rings is 1. The Kier molecular flexibility index (Phi) is 3.78. The zero-order chi connectivity index (χ0) is 13.1. The number of ether oxygens (including phenoxy) is 1. The highest BCUT2D eigenvalue weighted by atomic mass is 32.2. The molecule has 0 unspecified atom stereocenters. The van der Waals surface area contributed by atoms with Gasteiger partial charge in [0.05, 0.1) is 24.6 Å². The van der Waals surface area contributed by atoms with Crippen molar-refractivity contribution >= 4 is 35.0 Å². The number of aryl methyl sites for hydroxylation is 1. The SMILES string of the molecule is COC(=O)c1cc(Sc2nc(C)ns2)ncc1N. The summed E-state index contributed by atoms with van der Waals surface area (Å²) in [6.45, 7) is 1.82. The Morgan fingerprint density at radius 3 is 2.94 bits per heavy atom. The normalized spacial score (nSPS) is 10.3. The van der Waals surface area contributed by atoms with Gasteiger partial charge in [0.25, 0.3) is 0 Å². The summed E-state index contributed by atoms with van der Waals surface area (Å²) in [5.41, 5.74) is 6.26. The van der Waals surface area contributed by atoms with Gasteiger partial charge in [-0.05, 0) is 36.3 Å². The summed E-state index contributed by atoms with van der Waals surface area (Å²) in [5.74, 6) is 0.233. The van der Waals surface area contributed by atoms with Crippen molar-refractivity contribution < 1.29 is 9.53 Å². The van der Waals surface area contributed by atoms with Gasteiger partial charge in [-0.2, -0.15) is 4.37 Å². The summed E-state index contributed by atoms with van der Waals surface area (Å²) in [6, 6.07) is 1.59. The number of nitrogen functional groups attached to an aromatic ring is 1. The number of anilines is 1. The van der Waals surface area contributed by atoms with E-state index >= 15 is 0 Å². The molecule has 0 spiro atoms. The number of nitrogens with two attached hydrogens (primary N) is 1. The maximum atomic E-state index is 11.5. The summed E-state index contributed by atoms with van der Waals surface area (Å²) in [5, 5.41) is 0.626. The number of hydrogen-bond donors (Lipinski definition) is 1.